The first-order valence-corrected chi connectivity index (χ1v) is 9.19. The third kappa shape index (κ3) is 2.34. The highest BCUT2D eigenvalue weighted by Gasteiger charge is 2.75. The average molecular weight is 345 g/mol. The van der Waals surface area contributed by atoms with Gasteiger partial charge in [0.15, 0.2) is 9.84 Å². The maximum Gasteiger partial charge on any atom is 0.312 e. The molecule has 3 atom stereocenters. The Kier molecular flexibility index (Phi) is 3.97. The number of aryl methyl sites for hydroxylation is 1. The van der Waals surface area contributed by atoms with Gasteiger partial charge in [0.05, 0.1) is 10.1 Å². The summed E-state index contributed by atoms with van der Waals surface area (Å²) in [5.74, 6) is -1.81. The first-order chi connectivity index (χ1) is 11.4. The van der Waals surface area contributed by atoms with Crippen molar-refractivity contribution in [2.45, 2.75) is 23.0 Å². The van der Waals surface area contributed by atoms with Crippen LogP contribution in [0.4, 0.5) is 0 Å². The van der Waals surface area contributed by atoms with Crippen LogP contribution in [0.3, 0.4) is 0 Å². The minimum absolute atomic E-state index is 0.128. The van der Waals surface area contributed by atoms with Gasteiger partial charge in [-0.15, -0.1) is 0 Å². The number of hydrogen-bond donors (Lipinski definition) is 2. The SMILES string of the molecule is Cc1ccc([C@H]2[C@H](S(=O)(=O)c3ccccc3)[C@@]2(CN)C(=O)O)cc1. The summed E-state index contributed by atoms with van der Waals surface area (Å²) in [6.07, 6.45) is 0. The molecule has 2 aromatic carbocycles. The number of rotatable bonds is 5. The standard InChI is InChI=1S/C18H19NO4S/c1-12-7-9-13(10-8-12)15-16(18(15,11-19)17(20)21)24(22,23)14-5-3-2-4-6-14/h2-10,15-16H,11,19H2,1H3,(H,20,21)/t15-,16-,18-/m0/s1. The van der Waals surface area contributed by atoms with Crippen LogP contribution in [-0.2, 0) is 14.6 Å². The maximum atomic E-state index is 13.0. The van der Waals surface area contributed by atoms with Crippen molar-refractivity contribution in [2.75, 3.05) is 6.54 Å². The van der Waals surface area contributed by atoms with Crippen molar-refractivity contribution in [3.8, 4) is 0 Å². The number of carbonyl (C=O) groups is 1. The topological polar surface area (TPSA) is 97.5 Å². The van der Waals surface area contributed by atoms with Crippen molar-refractivity contribution in [2.24, 2.45) is 11.1 Å². The van der Waals surface area contributed by atoms with Crippen molar-refractivity contribution >= 4 is 15.8 Å². The van der Waals surface area contributed by atoms with E-state index in [9.17, 15) is 18.3 Å². The molecule has 3 N–H and O–H groups in total. The quantitative estimate of drug-likeness (QED) is 0.863. The molecule has 0 aromatic heterocycles. The van der Waals surface area contributed by atoms with Crippen molar-refractivity contribution in [3.05, 3.63) is 65.7 Å². The lowest BCUT2D eigenvalue weighted by atomic mass is 9.99. The van der Waals surface area contributed by atoms with Gasteiger partial charge >= 0.3 is 5.97 Å². The maximum absolute atomic E-state index is 13.0. The van der Waals surface area contributed by atoms with Gasteiger partial charge in [0.2, 0.25) is 0 Å². The molecular formula is C18H19NO4S. The molecule has 0 spiro atoms. The van der Waals surface area contributed by atoms with E-state index in [0.29, 0.717) is 5.56 Å². The van der Waals surface area contributed by atoms with Crippen LogP contribution in [0.25, 0.3) is 0 Å². The van der Waals surface area contributed by atoms with Crippen LogP contribution in [-0.4, -0.2) is 31.3 Å². The van der Waals surface area contributed by atoms with E-state index < -0.39 is 32.4 Å². The van der Waals surface area contributed by atoms with Crippen LogP contribution in [0.5, 0.6) is 0 Å². The molecule has 5 nitrogen and oxygen atoms in total. The van der Waals surface area contributed by atoms with Gasteiger partial charge in [-0.25, -0.2) is 8.42 Å². The summed E-state index contributed by atoms with van der Waals surface area (Å²) in [7, 11) is -3.80. The van der Waals surface area contributed by atoms with Gasteiger partial charge in [0, 0.05) is 12.5 Å². The summed E-state index contributed by atoms with van der Waals surface area (Å²) in [6, 6.07) is 15.2. The van der Waals surface area contributed by atoms with Gasteiger partial charge in [-0.05, 0) is 24.6 Å². The molecule has 1 fully saturated rings. The number of carboxylic acid groups (broad SMARTS) is 1. The van der Waals surface area contributed by atoms with Crippen molar-refractivity contribution in [1.82, 2.24) is 0 Å². The number of carboxylic acids is 1. The molecule has 0 heterocycles. The fourth-order valence-corrected chi connectivity index (χ4v) is 5.86. The van der Waals surface area contributed by atoms with Crippen LogP contribution in [0.2, 0.25) is 0 Å². The molecule has 126 valence electrons. The van der Waals surface area contributed by atoms with E-state index in [-0.39, 0.29) is 11.4 Å². The van der Waals surface area contributed by atoms with Gasteiger partial charge in [0.1, 0.15) is 5.41 Å². The second kappa shape index (κ2) is 5.72. The predicted octanol–water partition coefficient (Wildman–Crippen LogP) is 1.96. The Morgan fingerprint density at radius 3 is 2.21 bits per heavy atom. The fraction of sp³-hybridized carbons (Fsp3) is 0.278. The normalized spacial score (nSPS) is 26.1. The minimum Gasteiger partial charge on any atom is -0.481 e. The highest BCUT2D eigenvalue weighted by Crippen LogP contribution is 2.63. The summed E-state index contributed by atoms with van der Waals surface area (Å²) < 4.78 is 26.0. The summed E-state index contributed by atoms with van der Waals surface area (Å²) in [5.41, 5.74) is 5.98. The van der Waals surface area contributed by atoms with Crippen molar-refractivity contribution in [1.29, 1.82) is 0 Å². The summed E-state index contributed by atoms with van der Waals surface area (Å²) in [5, 5.41) is 8.67. The van der Waals surface area contributed by atoms with E-state index in [0.717, 1.165) is 5.56 Å². The van der Waals surface area contributed by atoms with Gasteiger partial charge in [-0.3, -0.25) is 4.79 Å². The highest BCUT2D eigenvalue weighted by molar-refractivity contribution is 7.92. The summed E-state index contributed by atoms with van der Waals surface area (Å²) in [4.78, 5) is 12.0. The molecule has 1 saturated carbocycles. The van der Waals surface area contributed by atoms with Crippen molar-refractivity contribution < 1.29 is 18.3 Å². The zero-order valence-electron chi connectivity index (χ0n) is 13.2. The first-order valence-electron chi connectivity index (χ1n) is 7.64. The monoisotopic (exact) mass is 345 g/mol. The van der Waals surface area contributed by atoms with Crippen LogP contribution in [0.1, 0.15) is 17.0 Å². The largest absolute Gasteiger partial charge is 0.481 e. The van der Waals surface area contributed by atoms with E-state index >= 15 is 0 Å². The van der Waals surface area contributed by atoms with Gasteiger partial charge in [-0.2, -0.15) is 0 Å². The molecule has 3 rings (SSSR count). The summed E-state index contributed by atoms with van der Waals surface area (Å²) >= 11 is 0. The average Bonchev–Trinajstić information content (AvgIpc) is 3.28. The Morgan fingerprint density at radius 1 is 1.12 bits per heavy atom. The Labute approximate surface area is 141 Å². The lowest BCUT2D eigenvalue weighted by Crippen LogP contribution is -2.31. The molecule has 2 aromatic rings. The molecule has 0 radical (unpaired) electrons. The van der Waals surface area contributed by atoms with Gasteiger partial charge < -0.3 is 10.8 Å². The molecule has 1 aliphatic carbocycles. The first kappa shape index (κ1) is 16.7. The Hall–Kier alpha value is -2.18. The number of hydrogen-bond acceptors (Lipinski definition) is 4. The molecule has 6 heteroatoms. The van der Waals surface area contributed by atoms with Gasteiger partial charge in [0.25, 0.3) is 0 Å². The lowest BCUT2D eigenvalue weighted by molar-refractivity contribution is -0.143. The van der Waals surface area contributed by atoms with E-state index in [4.69, 9.17) is 5.73 Å². The van der Waals surface area contributed by atoms with Crippen LogP contribution < -0.4 is 5.73 Å². The third-order valence-corrected chi connectivity index (χ3v) is 7.13. The second-order valence-electron chi connectivity index (χ2n) is 6.22. The summed E-state index contributed by atoms with van der Waals surface area (Å²) in [6.45, 7) is 1.69. The Bertz CT molecular complexity index is 862. The van der Waals surface area contributed by atoms with E-state index in [2.05, 4.69) is 0 Å². The number of sulfone groups is 1. The third-order valence-electron chi connectivity index (χ3n) is 4.83. The number of benzene rings is 2. The molecular weight excluding hydrogens is 326 g/mol. The molecule has 1 aliphatic rings. The molecule has 0 saturated heterocycles. The highest BCUT2D eigenvalue weighted by atomic mass is 32.2. The Balaban J connectivity index is 2.11. The van der Waals surface area contributed by atoms with Crippen LogP contribution >= 0.6 is 0 Å². The van der Waals surface area contributed by atoms with E-state index in [1.807, 2.05) is 19.1 Å². The fourth-order valence-electron chi connectivity index (χ4n) is 3.45. The molecule has 0 amide bonds. The Morgan fingerprint density at radius 2 is 1.71 bits per heavy atom. The van der Waals surface area contributed by atoms with Crippen LogP contribution in [0.15, 0.2) is 59.5 Å². The zero-order valence-corrected chi connectivity index (χ0v) is 14.0. The van der Waals surface area contributed by atoms with E-state index in [1.54, 1.807) is 30.3 Å². The van der Waals surface area contributed by atoms with Gasteiger partial charge in [-0.1, -0.05) is 48.0 Å². The lowest BCUT2D eigenvalue weighted by Gasteiger charge is -2.10. The smallest absolute Gasteiger partial charge is 0.312 e. The minimum atomic E-state index is -3.80. The molecule has 24 heavy (non-hydrogen) atoms. The zero-order chi connectivity index (χ0) is 17.5. The van der Waals surface area contributed by atoms with Crippen LogP contribution in [0, 0.1) is 12.3 Å². The van der Waals surface area contributed by atoms with Crippen molar-refractivity contribution in [3.63, 3.8) is 0 Å². The molecule has 0 aliphatic heterocycles. The number of nitrogens with two attached hydrogens (primary N) is 1. The predicted molar refractivity (Wildman–Crippen MR) is 90.5 cm³/mol. The molecule has 0 bridgehead atoms. The van der Waals surface area contributed by atoms with E-state index in [1.165, 1.54) is 12.1 Å². The second-order valence-corrected chi connectivity index (χ2v) is 8.29. The number of aliphatic carboxylic acids is 1. The molecule has 0 unspecified atom stereocenters.